The van der Waals surface area contributed by atoms with Crippen LogP contribution in [-0.4, -0.2) is 34.7 Å². The van der Waals surface area contributed by atoms with Crippen LogP contribution in [0, 0.1) is 0 Å². The summed E-state index contributed by atoms with van der Waals surface area (Å²) in [6.07, 6.45) is 7.86. The number of nitrogens with zero attached hydrogens (tertiary/aromatic N) is 2. The second-order valence-electron chi connectivity index (χ2n) is 8.86. The summed E-state index contributed by atoms with van der Waals surface area (Å²) in [5.41, 5.74) is 3.41. The normalized spacial score (nSPS) is 20.1. The Morgan fingerprint density at radius 1 is 0.733 bits per heavy atom. The maximum Gasteiger partial charge on any atom is 0.127 e. The number of benzene rings is 2. The first-order valence-electron chi connectivity index (χ1n) is 11.1. The van der Waals surface area contributed by atoms with Crippen LogP contribution in [0.2, 0.25) is 0 Å². The van der Waals surface area contributed by atoms with Gasteiger partial charge in [-0.3, -0.25) is 9.98 Å². The molecule has 2 N–H and O–H groups in total. The molecule has 160 valence electrons. The third-order valence-electron chi connectivity index (χ3n) is 5.95. The molecule has 1 aliphatic carbocycles. The number of hydrogen-bond donors (Lipinski definition) is 2. The standard InChI is InChI=1S/C26H34N2O2/c1-17(2)21-11-7-9-19(25(21)29)15-27-23-13-5-6-14-24(23)28-16-20-10-8-12-22(18(3)4)26(20)30/h7-12,15-18,23-24,29-30H,5-6,13-14H2,1-4H3/t23-,24-/m0/s1. The minimum Gasteiger partial charge on any atom is -0.507 e. The summed E-state index contributed by atoms with van der Waals surface area (Å²) in [7, 11) is 0. The van der Waals surface area contributed by atoms with E-state index in [0.29, 0.717) is 11.5 Å². The Balaban J connectivity index is 1.80. The lowest BCUT2D eigenvalue weighted by molar-refractivity contribution is 0.390. The van der Waals surface area contributed by atoms with Gasteiger partial charge in [0.05, 0.1) is 12.1 Å². The molecule has 1 saturated carbocycles. The number of phenolic OH excluding ortho intramolecular Hbond substituents is 2. The molecule has 2 aromatic carbocycles. The number of phenols is 2. The fourth-order valence-electron chi connectivity index (χ4n) is 4.09. The zero-order valence-corrected chi connectivity index (χ0v) is 18.5. The van der Waals surface area contributed by atoms with E-state index in [4.69, 9.17) is 9.98 Å². The summed E-state index contributed by atoms with van der Waals surface area (Å²) < 4.78 is 0. The molecule has 2 aromatic rings. The van der Waals surface area contributed by atoms with Crippen molar-refractivity contribution in [2.45, 2.75) is 77.3 Å². The Hall–Kier alpha value is -2.62. The minimum atomic E-state index is 0.0903. The van der Waals surface area contributed by atoms with Crippen molar-refractivity contribution in [3.8, 4) is 11.5 Å². The van der Waals surface area contributed by atoms with E-state index in [1.165, 1.54) is 0 Å². The Labute approximate surface area is 180 Å². The molecule has 0 amide bonds. The van der Waals surface area contributed by atoms with Gasteiger partial charge in [-0.2, -0.15) is 0 Å². The van der Waals surface area contributed by atoms with Gasteiger partial charge in [0.15, 0.2) is 0 Å². The Kier molecular flexibility index (Phi) is 7.30. The minimum absolute atomic E-state index is 0.0903. The average Bonchev–Trinajstić information content (AvgIpc) is 2.72. The quantitative estimate of drug-likeness (QED) is 0.561. The first-order valence-corrected chi connectivity index (χ1v) is 11.1. The molecule has 0 aromatic heterocycles. The maximum atomic E-state index is 10.6. The van der Waals surface area contributed by atoms with E-state index >= 15 is 0 Å². The molecule has 0 saturated heterocycles. The lowest BCUT2D eigenvalue weighted by Gasteiger charge is -2.25. The molecule has 4 nitrogen and oxygen atoms in total. The van der Waals surface area contributed by atoms with Gasteiger partial charge in [0.1, 0.15) is 11.5 Å². The van der Waals surface area contributed by atoms with Gasteiger partial charge >= 0.3 is 0 Å². The Morgan fingerprint density at radius 3 is 1.50 bits per heavy atom. The highest BCUT2D eigenvalue weighted by atomic mass is 16.3. The summed E-state index contributed by atoms with van der Waals surface area (Å²) in [5, 5.41) is 21.1. The molecule has 4 heteroatoms. The molecule has 0 aliphatic heterocycles. The van der Waals surface area contributed by atoms with Crippen LogP contribution >= 0.6 is 0 Å². The molecule has 30 heavy (non-hydrogen) atoms. The molecule has 1 fully saturated rings. The van der Waals surface area contributed by atoms with Gasteiger partial charge in [-0.25, -0.2) is 0 Å². The fraction of sp³-hybridized carbons (Fsp3) is 0.462. The van der Waals surface area contributed by atoms with Crippen molar-refractivity contribution in [2.24, 2.45) is 9.98 Å². The zero-order chi connectivity index (χ0) is 21.7. The molecular formula is C26H34N2O2. The molecule has 0 radical (unpaired) electrons. The summed E-state index contributed by atoms with van der Waals surface area (Å²) in [4.78, 5) is 9.63. The molecule has 3 rings (SSSR count). The van der Waals surface area contributed by atoms with Gasteiger partial charge in [0.25, 0.3) is 0 Å². The van der Waals surface area contributed by atoms with E-state index < -0.39 is 0 Å². The molecule has 1 aliphatic rings. The van der Waals surface area contributed by atoms with Crippen LogP contribution in [-0.2, 0) is 0 Å². The smallest absolute Gasteiger partial charge is 0.127 e. The highest BCUT2D eigenvalue weighted by Gasteiger charge is 2.23. The summed E-state index contributed by atoms with van der Waals surface area (Å²) in [6.45, 7) is 8.30. The third kappa shape index (κ3) is 5.10. The zero-order valence-electron chi connectivity index (χ0n) is 18.5. The van der Waals surface area contributed by atoms with Crippen LogP contribution in [0.1, 0.15) is 87.5 Å². The van der Waals surface area contributed by atoms with Gasteiger partial charge in [-0.05, 0) is 47.9 Å². The number of hydrogen-bond acceptors (Lipinski definition) is 4. The predicted molar refractivity (Wildman–Crippen MR) is 126 cm³/mol. The summed E-state index contributed by atoms with van der Waals surface area (Å²) in [6, 6.07) is 11.9. The monoisotopic (exact) mass is 406 g/mol. The molecule has 0 bridgehead atoms. The van der Waals surface area contributed by atoms with Gasteiger partial charge in [0, 0.05) is 23.6 Å². The number of aromatic hydroxyl groups is 2. The van der Waals surface area contributed by atoms with Crippen LogP contribution < -0.4 is 0 Å². The van der Waals surface area contributed by atoms with Crippen LogP contribution in [0.25, 0.3) is 0 Å². The average molecular weight is 407 g/mol. The van der Waals surface area contributed by atoms with E-state index in [-0.39, 0.29) is 23.9 Å². The lowest BCUT2D eigenvalue weighted by atomic mass is 9.91. The van der Waals surface area contributed by atoms with E-state index in [1.54, 1.807) is 12.4 Å². The first-order chi connectivity index (χ1) is 14.4. The third-order valence-corrected chi connectivity index (χ3v) is 5.95. The predicted octanol–water partition coefficient (Wildman–Crippen LogP) is 6.19. The maximum absolute atomic E-state index is 10.6. The van der Waals surface area contributed by atoms with Crippen molar-refractivity contribution >= 4 is 12.4 Å². The molecule has 2 atom stereocenters. The Bertz CT molecular complexity index is 840. The number of aliphatic imine (C=N–C) groups is 2. The van der Waals surface area contributed by atoms with E-state index in [2.05, 4.69) is 27.7 Å². The molecule has 0 heterocycles. The van der Waals surface area contributed by atoms with Gasteiger partial charge in [0.2, 0.25) is 0 Å². The second-order valence-corrected chi connectivity index (χ2v) is 8.86. The van der Waals surface area contributed by atoms with Crippen molar-refractivity contribution in [1.29, 1.82) is 0 Å². The van der Waals surface area contributed by atoms with Crippen LogP contribution in [0.15, 0.2) is 46.4 Å². The van der Waals surface area contributed by atoms with Crippen molar-refractivity contribution < 1.29 is 10.2 Å². The van der Waals surface area contributed by atoms with Crippen molar-refractivity contribution in [1.82, 2.24) is 0 Å². The molecule has 0 spiro atoms. The lowest BCUT2D eigenvalue weighted by Crippen LogP contribution is -2.27. The van der Waals surface area contributed by atoms with Gasteiger partial charge < -0.3 is 10.2 Å². The highest BCUT2D eigenvalue weighted by Crippen LogP contribution is 2.30. The fourth-order valence-corrected chi connectivity index (χ4v) is 4.09. The van der Waals surface area contributed by atoms with Gasteiger partial charge in [-0.15, -0.1) is 0 Å². The van der Waals surface area contributed by atoms with Gasteiger partial charge in [-0.1, -0.05) is 64.8 Å². The van der Waals surface area contributed by atoms with E-state index in [9.17, 15) is 10.2 Å². The number of rotatable bonds is 6. The first kappa shape index (κ1) is 22.1. The molecule has 0 unspecified atom stereocenters. The van der Waals surface area contributed by atoms with Crippen LogP contribution in [0.5, 0.6) is 11.5 Å². The molecular weight excluding hydrogens is 372 g/mol. The van der Waals surface area contributed by atoms with Crippen molar-refractivity contribution in [2.75, 3.05) is 0 Å². The van der Waals surface area contributed by atoms with E-state index in [1.807, 2.05) is 36.4 Å². The SMILES string of the molecule is CC(C)c1cccc(C=N[C@H]2CCCC[C@@H]2N=Cc2cccc(C(C)C)c2O)c1O. The van der Waals surface area contributed by atoms with E-state index in [0.717, 1.165) is 47.9 Å². The van der Waals surface area contributed by atoms with Crippen LogP contribution in [0.4, 0.5) is 0 Å². The number of para-hydroxylation sites is 2. The Morgan fingerprint density at radius 2 is 1.13 bits per heavy atom. The van der Waals surface area contributed by atoms with Crippen molar-refractivity contribution in [3.05, 3.63) is 58.7 Å². The topological polar surface area (TPSA) is 65.2 Å². The summed E-state index contributed by atoms with van der Waals surface area (Å²) in [5.74, 6) is 1.17. The van der Waals surface area contributed by atoms with Crippen molar-refractivity contribution in [3.63, 3.8) is 0 Å². The highest BCUT2D eigenvalue weighted by molar-refractivity contribution is 5.85. The summed E-state index contributed by atoms with van der Waals surface area (Å²) >= 11 is 0. The second kappa shape index (κ2) is 9.92. The van der Waals surface area contributed by atoms with Crippen LogP contribution in [0.3, 0.4) is 0 Å². The largest absolute Gasteiger partial charge is 0.507 e.